The third-order valence-corrected chi connectivity index (χ3v) is 4.07. The Balaban J connectivity index is 1.75. The van der Waals surface area contributed by atoms with Crippen LogP contribution >= 0.6 is 0 Å². The molecule has 1 heterocycles. The van der Waals surface area contributed by atoms with E-state index in [4.69, 9.17) is 4.74 Å². The second-order valence-corrected chi connectivity index (χ2v) is 6.20. The first-order valence-electron chi connectivity index (χ1n) is 5.99. The molecule has 1 N–H and O–H groups in total. The normalized spacial score (nSPS) is 39.4. The quantitative estimate of drug-likeness (QED) is 0.690. The van der Waals surface area contributed by atoms with Crippen LogP contribution in [0.4, 0.5) is 0 Å². The van der Waals surface area contributed by atoms with Crippen molar-refractivity contribution in [3.8, 4) is 0 Å². The SMILES string of the molecule is CC1(C)CC2(C1)OCCNC2C1CC1. The molecule has 0 amide bonds. The van der Waals surface area contributed by atoms with E-state index in [9.17, 15) is 0 Å². The zero-order chi connectivity index (χ0) is 9.81. The highest BCUT2D eigenvalue weighted by Crippen LogP contribution is 2.56. The van der Waals surface area contributed by atoms with Gasteiger partial charge >= 0.3 is 0 Å². The minimum Gasteiger partial charge on any atom is -0.372 e. The predicted molar refractivity (Wildman–Crippen MR) is 56.2 cm³/mol. The molecule has 1 unspecified atom stereocenters. The number of rotatable bonds is 1. The summed E-state index contributed by atoms with van der Waals surface area (Å²) in [5, 5.41) is 3.69. The molecule has 0 radical (unpaired) electrons. The lowest BCUT2D eigenvalue weighted by molar-refractivity contribution is -0.197. The minimum absolute atomic E-state index is 0.225. The van der Waals surface area contributed by atoms with Gasteiger partial charge in [-0.25, -0.2) is 0 Å². The lowest BCUT2D eigenvalue weighted by Crippen LogP contribution is -2.67. The smallest absolute Gasteiger partial charge is 0.0848 e. The van der Waals surface area contributed by atoms with Crippen molar-refractivity contribution in [2.45, 2.75) is 51.2 Å². The number of hydrogen-bond acceptors (Lipinski definition) is 2. The van der Waals surface area contributed by atoms with E-state index in [1.54, 1.807) is 0 Å². The summed E-state index contributed by atoms with van der Waals surface area (Å²) in [5.74, 6) is 0.923. The van der Waals surface area contributed by atoms with Gasteiger partial charge in [0.25, 0.3) is 0 Å². The molecule has 2 saturated carbocycles. The highest BCUT2D eigenvalue weighted by atomic mass is 16.5. The van der Waals surface area contributed by atoms with E-state index in [0.29, 0.717) is 11.5 Å². The summed E-state index contributed by atoms with van der Waals surface area (Å²) in [6, 6.07) is 0.671. The first-order valence-corrected chi connectivity index (χ1v) is 5.99. The Morgan fingerprint density at radius 1 is 1.21 bits per heavy atom. The van der Waals surface area contributed by atoms with Gasteiger partial charge in [0.1, 0.15) is 0 Å². The summed E-state index contributed by atoms with van der Waals surface area (Å²) >= 11 is 0. The molecule has 1 atom stereocenters. The van der Waals surface area contributed by atoms with Crippen molar-refractivity contribution in [1.29, 1.82) is 0 Å². The van der Waals surface area contributed by atoms with Gasteiger partial charge in [-0.1, -0.05) is 13.8 Å². The monoisotopic (exact) mass is 195 g/mol. The number of hydrogen-bond donors (Lipinski definition) is 1. The summed E-state index contributed by atoms with van der Waals surface area (Å²) in [6.07, 6.45) is 5.36. The molecule has 0 aromatic rings. The third kappa shape index (κ3) is 1.31. The van der Waals surface area contributed by atoms with Crippen molar-refractivity contribution in [2.75, 3.05) is 13.2 Å². The maximum Gasteiger partial charge on any atom is 0.0848 e. The molecule has 14 heavy (non-hydrogen) atoms. The Kier molecular flexibility index (Phi) is 1.79. The number of morpholine rings is 1. The zero-order valence-corrected chi connectivity index (χ0v) is 9.31. The van der Waals surface area contributed by atoms with Crippen LogP contribution in [0.15, 0.2) is 0 Å². The summed E-state index contributed by atoms with van der Waals surface area (Å²) in [7, 11) is 0. The van der Waals surface area contributed by atoms with E-state index in [-0.39, 0.29) is 5.60 Å². The minimum atomic E-state index is 0.225. The fourth-order valence-electron chi connectivity index (χ4n) is 3.66. The van der Waals surface area contributed by atoms with Crippen LogP contribution < -0.4 is 5.32 Å². The molecule has 1 saturated heterocycles. The van der Waals surface area contributed by atoms with Crippen LogP contribution in [0.5, 0.6) is 0 Å². The topological polar surface area (TPSA) is 21.3 Å². The van der Waals surface area contributed by atoms with Gasteiger partial charge in [-0.05, 0) is 37.0 Å². The average Bonchev–Trinajstić information content (AvgIpc) is 2.84. The van der Waals surface area contributed by atoms with E-state index in [0.717, 1.165) is 19.1 Å². The van der Waals surface area contributed by atoms with Gasteiger partial charge in [0.15, 0.2) is 0 Å². The van der Waals surface area contributed by atoms with Gasteiger partial charge in [-0.2, -0.15) is 0 Å². The molecule has 0 aromatic carbocycles. The predicted octanol–water partition coefficient (Wildman–Crippen LogP) is 1.94. The van der Waals surface area contributed by atoms with E-state index >= 15 is 0 Å². The van der Waals surface area contributed by atoms with Gasteiger partial charge in [0, 0.05) is 12.6 Å². The molecule has 0 aromatic heterocycles. The molecule has 3 fully saturated rings. The van der Waals surface area contributed by atoms with Gasteiger partial charge in [0.2, 0.25) is 0 Å². The molecule has 80 valence electrons. The van der Waals surface area contributed by atoms with Gasteiger partial charge in [0.05, 0.1) is 12.2 Å². The highest BCUT2D eigenvalue weighted by molar-refractivity contribution is 5.12. The van der Waals surface area contributed by atoms with Crippen molar-refractivity contribution < 1.29 is 4.74 Å². The van der Waals surface area contributed by atoms with Crippen LogP contribution in [0.25, 0.3) is 0 Å². The average molecular weight is 195 g/mol. The van der Waals surface area contributed by atoms with Crippen LogP contribution in [0, 0.1) is 11.3 Å². The van der Waals surface area contributed by atoms with Gasteiger partial charge in [-0.3, -0.25) is 0 Å². The number of nitrogens with one attached hydrogen (secondary N) is 1. The van der Waals surface area contributed by atoms with Crippen LogP contribution in [-0.4, -0.2) is 24.8 Å². The number of ether oxygens (including phenoxy) is 1. The van der Waals surface area contributed by atoms with Crippen molar-refractivity contribution in [2.24, 2.45) is 11.3 Å². The van der Waals surface area contributed by atoms with E-state index in [1.807, 2.05) is 0 Å². The fourth-order valence-corrected chi connectivity index (χ4v) is 3.66. The lowest BCUT2D eigenvalue weighted by atomic mass is 9.57. The van der Waals surface area contributed by atoms with E-state index < -0.39 is 0 Å². The summed E-state index contributed by atoms with van der Waals surface area (Å²) in [4.78, 5) is 0. The van der Waals surface area contributed by atoms with Crippen LogP contribution in [-0.2, 0) is 4.74 Å². The molecule has 0 bridgehead atoms. The highest BCUT2D eigenvalue weighted by Gasteiger charge is 2.58. The molecule has 3 aliphatic rings. The molecule has 3 rings (SSSR count). The Hall–Kier alpha value is -0.0800. The second-order valence-electron chi connectivity index (χ2n) is 6.20. The van der Waals surface area contributed by atoms with E-state index in [2.05, 4.69) is 19.2 Å². The standard InChI is InChI=1S/C12H21NO/c1-11(2)7-12(8-11)10(9-3-4-9)13-5-6-14-12/h9-10,13H,3-8H2,1-2H3. The summed E-state index contributed by atoms with van der Waals surface area (Å²) in [6.45, 7) is 6.70. The maximum absolute atomic E-state index is 6.09. The van der Waals surface area contributed by atoms with Crippen molar-refractivity contribution in [1.82, 2.24) is 5.32 Å². The molecular formula is C12H21NO. The van der Waals surface area contributed by atoms with Gasteiger partial charge in [-0.15, -0.1) is 0 Å². The van der Waals surface area contributed by atoms with Crippen molar-refractivity contribution in [3.05, 3.63) is 0 Å². The Bertz CT molecular complexity index is 237. The van der Waals surface area contributed by atoms with E-state index in [1.165, 1.54) is 25.7 Å². The fraction of sp³-hybridized carbons (Fsp3) is 1.00. The van der Waals surface area contributed by atoms with Crippen LogP contribution in [0.3, 0.4) is 0 Å². The molecule has 2 aliphatic carbocycles. The Morgan fingerprint density at radius 2 is 1.93 bits per heavy atom. The molecule has 2 nitrogen and oxygen atoms in total. The van der Waals surface area contributed by atoms with Crippen molar-refractivity contribution in [3.63, 3.8) is 0 Å². The molecule has 1 aliphatic heterocycles. The Morgan fingerprint density at radius 3 is 2.50 bits per heavy atom. The summed E-state index contributed by atoms with van der Waals surface area (Å²) in [5.41, 5.74) is 0.745. The maximum atomic E-state index is 6.09. The first-order chi connectivity index (χ1) is 6.61. The molecule has 2 heteroatoms. The summed E-state index contributed by atoms with van der Waals surface area (Å²) < 4.78 is 6.09. The largest absolute Gasteiger partial charge is 0.372 e. The molecular weight excluding hydrogens is 174 g/mol. The van der Waals surface area contributed by atoms with Crippen LogP contribution in [0.1, 0.15) is 39.5 Å². The second kappa shape index (κ2) is 2.73. The molecule has 1 spiro atoms. The van der Waals surface area contributed by atoms with Gasteiger partial charge < -0.3 is 10.1 Å². The Labute approximate surface area is 86.4 Å². The third-order valence-electron chi connectivity index (χ3n) is 4.07. The van der Waals surface area contributed by atoms with Crippen molar-refractivity contribution >= 4 is 0 Å². The van der Waals surface area contributed by atoms with Crippen LogP contribution in [0.2, 0.25) is 0 Å². The zero-order valence-electron chi connectivity index (χ0n) is 9.31. The first kappa shape index (κ1) is 9.17. The lowest BCUT2D eigenvalue weighted by Gasteiger charge is -2.58.